The van der Waals surface area contributed by atoms with Crippen LogP contribution in [0, 0.1) is 5.41 Å². The first kappa shape index (κ1) is 15.1. The van der Waals surface area contributed by atoms with Gasteiger partial charge in [-0.3, -0.25) is 4.79 Å². The molecule has 2 fully saturated rings. The monoisotopic (exact) mass is 336 g/mol. The fourth-order valence-corrected chi connectivity index (χ4v) is 5.17. The molecule has 4 rings (SSSR count). The molecule has 6 nitrogen and oxygen atoms in total. The molecule has 1 unspecified atom stereocenters. The summed E-state index contributed by atoms with van der Waals surface area (Å²) in [6.45, 7) is 4.10. The molecule has 1 saturated carbocycles. The van der Waals surface area contributed by atoms with Crippen LogP contribution in [0.15, 0.2) is 23.1 Å². The van der Waals surface area contributed by atoms with Crippen molar-refractivity contribution in [3.8, 4) is 0 Å². The van der Waals surface area contributed by atoms with Crippen LogP contribution in [-0.2, 0) is 20.2 Å². The lowest BCUT2D eigenvalue weighted by Gasteiger charge is -2.19. The molecule has 0 radical (unpaired) electrons. The molecule has 1 saturated heterocycles. The Morgan fingerprint density at radius 1 is 1.30 bits per heavy atom. The highest BCUT2D eigenvalue weighted by Crippen LogP contribution is 2.53. The lowest BCUT2D eigenvalue weighted by atomic mass is 9.86. The molecule has 2 aliphatic heterocycles. The maximum Gasteiger partial charge on any atom is 0.243 e. The summed E-state index contributed by atoms with van der Waals surface area (Å²) < 4.78 is 27.2. The van der Waals surface area contributed by atoms with Gasteiger partial charge in [-0.1, -0.05) is 0 Å². The number of hydrogen-bond donors (Lipinski definition) is 2. The Morgan fingerprint density at radius 3 is 2.61 bits per heavy atom. The van der Waals surface area contributed by atoms with E-state index < -0.39 is 21.5 Å². The van der Waals surface area contributed by atoms with Crippen molar-refractivity contribution in [1.82, 2.24) is 4.31 Å². The molecule has 1 amide bonds. The Bertz CT molecular complexity index is 811. The van der Waals surface area contributed by atoms with Crippen LogP contribution < -0.4 is 5.32 Å². The van der Waals surface area contributed by atoms with Crippen molar-refractivity contribution in [3.05, 3.63) is 23.8 Å². The van der Waals surface area contributed by atoms with Crippen LogP contribution >= 0.6 is 0 Å². The number of carbonyl (C=O) groups is 1. The Labute approximate surface area is 135 Å². The number of carbonyl (C=O) groups excluding carboxylic acids is 1. The standard InChI is InChI=1S/C16H20N2O4S/c1-15(2)11-7-10(3-4-12(11)17-14(15)20)23(21,22)18-8-13(19)16(9-18)5-6-16/h3-4,7,13,19H,5-6,8-9H2,1-2H3,(H,17,20). The molecular formula is C16H20N2O4S. The van der Waals surface area contributed by atoms with E-state index in [0.29, 0.717) is 17.8 Å². The number of fused-ring (bicyclic) bond motifs is 1. The third kappa shape index (κ3) is 2.00. The zero-order valence-electron chi connectivity index (χ0n) is 13.2. The predicted octanol–water partition coefficient (Wildman–Crippen LogP) is 1.06. The first-order valence-corrected chi connectivity index (χ1v) is 9.25. The lowest BCUT2D eigenvalue weighted by Crippen LogP contribution is -2.30. The Hall–Kier alpha value is -1.44. The summed E-state index contributed by atoms with van der Waals surface area (Å²) in [7, 11) is -3.66. The number of sulfonamides is 1. The molecule has 2 heterocycles. The van der Waals surface area contributed by atoms with Crippen LogP contribution in [-0.4, -0.2) is 42.9 Å². The van der Waals surface area contributed by atoms with Crippen LogP contribution in [0.2, 0.25) is 0 Å². The highest BCUT2D eigenvalue weighted by atomic mass is 32.2. The summed E-state index contributed by atoms with van der Waals surface area (Å²) in [5, 5.41) is 12.9. The average Bonchev–Trinajstić information content (AvgIpc) is 3.13. The first-order valence-electron chi connectivity index (χ1n) is 7.81. The Kier molecular flexibility index (Phi) is 2.85. The molecule has 7 heteroatoms. The third-order valence-electron chi connectivity index (χ3n) is 5.58. The van der Waals surface area contributed by atoms with E-state index in [4.69, 9.17) is 0 Å². The topological polar surface area (TPSA) is 86.7 Å². The summed E-state index contributed by atoms with van der Waals surface area (Å²) in [5.74, 6) is -0.129. The first-order chi connectivity index (χ1) is 10.7. The SMILES string of the molecule is CC1(C)C(=O)Nc2ccc(S(=O)(=O)N3CC(O)C4(CC4)C3)cc21. The predicted molar refractivity (Wildman–Crippen MR) is 84.5 cm³/mol. The van der Waals surface area contributed by atoms with E-state index >= 15 is 0 Å². The minimum atomic E-state index is -3.66. The van der Waals surface area contributed by atoms with Crippen molar-refractivity contribution >= 4 is 21.6 Å². The maximum atomic E-state index is 12.9. The average molecular weight is 336 g/mol. The van der Waals surface area contributed by atoms with Gasteiger partial charge in [-0.05, 0) is 50.5 Å². The number of nitrogens with zero attached hydrogens (tertiary/aromatic N) is 1. The van der Waals surface area contributed by atoms with Crippen molar-refractivity contribution in [1.29, 1.82) is 0 Å². The smallest absolute Gasteiger partial charge is 0.243 e. The summed E-state index contributed by atoms with van der Waals surface area (Å²) in [6.07, 6.45) is 1.19. The quantitative estimate of drug-likeness (QED) is 0.845. The Morgan fingerprint density at radius 2 is 2.00 bits per heavy atom. The van der Waals surface area contributed by atoms with Crippen LogP contribution in [0.3, 0.4) is 0 Å². The Balaban J connectivity index is 1.72. The van der Waals surface area contributed by atoms with E-state index in [1.54, 1.807) is 26.0 Å². The second-order valence-corrected chi connectivity index (χ2v) is 9.40. The maximum absolute atomic E-state index is 12.9. The summed E-state index contributed by atoms with van der Waals surface area (Å²) in [4.78, 5) is 12.2. The molecule has 2 N–H and O–H groups in total. The van der Waals surface area contributed by atoms with Crippen molar-refractivity contribution in [3.63, 3.8) is 0 Å². The van der Waals surface area contributed by atoms with Crippen molar-refractivity contribution in [2.45, 2.75) is 43.1 Å². The van der Waals surface area contributed by atoms with Crippen LogP contribution in [0.1, 0.15) is 32.3 Å². The second-order valence-electron chi connectivity index (χ2n) is 7.46. The van der Waals surface area contributed by atoms with Crippen LogP contribution in [0.5, 0.6) is 0 Å². The van der Waals surface area contributed by atoms with E-state index in [2.05, 4.69) is 5.32 Å². The van der Waals surface area contributed by atoms with Gasteiger partial charge in [-0.2, -0.15) is 4.31 Å². The molecule has 1 aromatic carbocycles. The van der Waals surface area contributed by atoms with E-state index in [1.807, 2.05) is 0 Å². The van der Waals surface area contributed by atoms with Gasteiger partial charge in [0, 0.05) is 24.2 Å². The van der Waals surface area contributed by atoms with Gasteiger partial charge in [0.1, 0.15) is 0 Å². The number of hydrogen-bond acceptors (Lipinski definition) is 4. The molecule has 1 aliphatic carbocycles. The van der Waals surface area contributed by atoms with Crippen molar-refractivity contribution in [2.24, 2.45) is 5.41 Å². The minimum Gasteiger partial charge on any atom is -0.391 e. The molecule has 0 aromatic heterocycles. The summed E-state index contributed by atoms with van der Waals surface area (Å²) >= 11 is 0. The van der Waals surface area contributed by atoms with E-state index in [1.165, 1.54) is 10.4 Å². The van der Waals surface area contributed by atoms with E-state index in [9.17, 15) is 18.3 Å². The second kappa shape index (κ2) is 4.34. The highest BCUT2D eigenvalue weighted by Gasteiger charge is 2.57. The van der Waals surface area contributed by atoms with Gasteiger partial charge in [-0.15, -0.1) is 0 Å². The highest BCUT2D eigenvalue weighted by molar-refractivity contribution is 7.89. The molecule has 23 heavy (non-hydrogen) atoms. The molecule has 3 aliphatic rings. The molecule has 0 bridgehead atoms. The molecular weight excluding hydrogens is 316 g/mol. The van der Waals surface area contributed by atoms with E-state index in [0.717, 1.165) is 12.8 Å². The summed E-state index contributed by atoms with van der Waals surface area (Å²) in [5.41, 5.74) is 0.396. The third-order valence-corrected chi connectivity index (χ3v) is 7.39. The zero-order chi connectivity index (χ0) is 16.6. The van der Waals surface area contributed by atoms with Crippen LogP contribution in [0.4, 0.5) is 5.69 Å². The van der Waals surface area contributed by atoms with Gasteiger partial charge in [0.15, 0.2) is 0 Å². The largest absolute Gasteiger partial charge is 0.391 e. The fourth-order valence-electron chi connectivity index (χ4n) is 3.60. The van der Waals surface area contributed by atoms with Gasteiger partial charge < -0.3 is 10.4 Å². The number of anilines is 1. The van der Waals surface area contributed by atoms with Crippen molar-refractivity contribution in [2.75, 3.05) is 18.4 Å². The number of amides is 1. The van der Waals surface area contributed by atoms with Gasteiger partial charge in [0.25, 0.3) is 0 Å². The fraction of sp³-hybridized carbons (Fsp3) is 0.562. The number of nitrogens with one attached hydrogen (secondary N) is 1. The van der Waals surface area contributed by atoms with Crippen molar-refractivity contribution < 1.29 is 18.3 Å². The number of β-amino-alcohol motifs (C(OH)–C–C–N with tert-alkyl or cyclic N) is 1. The number of benzene rings is 1. The normalized spacial score (nSPS) is 28.0. The van der Waals surface area contributed by atoms with Crippen LogP contribution in [0.25, 0.3) is 0 Å². The lowest BCUT2D eigenvalue weighted by molar-refractivity contribution is -0.119. The van der Waals surface area contributed by atoms with Gasteiger partial charge in [0.05, 0.1) is 16.4 Å². The van der Waals surface area contributed by atoms with Gasteiger partial charge in [0.2, 0.25) is 15.9 Å². The minimum absolute atomic E-state index is 0.129. The zero-order valence-corrected chi connectivity index (χ0v) is 14.0. The summed E-state index contributed by atoms with van der Waals surface area (Å²) in [6, 6.07) is 4.77. The molecule has 1 spiro atoms. The van der Waals surface area contributed by atoms with Gasteiger partial charge in [-0.25, -0.2) is 8.42 Å². The number of rotatable bonds is 2. The van der Waals surface area contributed by atoms with Gasteiger partial charge >= 0.3 is 0 Å². The number of aliphatic hydroxyl groups excluding tert-OH is 1. The number of aliphatic hydroxyl groups is 1. The molecule has 1 atom stereocenters. The van der Waals surface area contributed by atoms with E-state index in [-0.39, 0.29) is 22.8 Å². The molecule has 1 aromatic rings. The molecule has 124 valence electrons.